The molecule has 0 spiro atoms. The summed E-state index contributed by atoms with van der Waals surface area (Å²) >= 11 is 1.41. The molecule has 1 N–H and O–H groups in total. The van der Waals surface area contributed by atoms with Gasteiger partial charge in [-0.25, -0.2) is 0 Å². The number of likely N-dealkylation sites (tertiary alicyclic amines) is 1. The molecular formula is C21H26N2O4S. The standard InChI is InChI=1S/C21H26N2O4S/c1-13(2)22-20(24)17-12-23(21(25)19-6-5-9-28-19)11-16(17)15-10-14(26-3)7-8-18(15)27-4/h5-10,13,16-17H,11-12H2,1-4H3,(H,22,24). The quantitative estimate of drug-likeness (QED) is 0.806. The van der Waals surface area contributed by atoms with Gasteiger partial charge < -0.3 is 19.7 Å². The second kappa shape index (κ2) is 8.65. The van der Waals surface area contributed by atoms with Crippen molar-refractivity contribution >= 4 is 23.2 Å². The zero-order valence-electron chi connectivity index (χ0n) is 16.6. The first-order valence-corrected chi connectivity index (χ1v) is 10.2. The van der Waals surface area contributed by atoms with E-state index in [1.807, 2.05) is 49.6 Å². The van der Waals surface area contributed by atoms with Crippen LogP contribution in [0.15, 0.2) is 35.7 Å². The number of nitrogens with zero attached hydrogens (tertiary/aromatic N) is 1. The smallest absolute Gasteiger partial charge is 0.263 e. The summed E-state index contributed by atoms with van der Waals surface area (Å²) in [6.45, 7) is 4.70. The molecule has 3 rings (SSSR count). The molecule has 0 bridgehead atoms. The van der Waals surface area contributed by atoms with Gasteiger partial charge in [-0.3, -0.25) is 9.59 Å². The molecule has 1 aliphatic rings. The number of thiophene rings is 1. The highest BCUT2D eigenvalue weighted by Gasteiger charge is 2.42. The molecule has 1 saturated heterocycles. The minimum Gasteiger partial charge on any atom is -0.497 e. The number of amides is 2. The van der Waals surface area contributed by atoms with Crippen molar-refractivity contribution in [1.82, 2.24) is 10.2 Å². The Morgan fingerprint density at radius 3 is 2.57 bits per heavy atom. The van der Waals surface area contributed by atoms with Gasteiger partial charge in [-0.2, -0.15) is 0 Å². The van der Waals surface area contributed by atoms with Gasteiger partial charge in [0.25, 0.3) is 5.91 Å². The Kier molecular flexibility index (Phi) is 6.24. The molecule has 150 valence electrons. The minimum atomic E-state index is -0.354. The van der Waals surface area contributed by atoms with Crippen LogP contribution in [0.25, 0.3) is 0 Å². The van der Waals surface area contributed by atoms with Gasteiger partial charge in [-0.1, -0.05) is 6.07 Å². The average molecular weight is 403 g/mol. The van der Waals surface area contributed by atoms with Crippen molar-refractivity contribution in [1.29, 1.82) is 0 Å². The Morgan fingerprint density at radius 2 is 1.96 bits per heavy atom. The van der Waals surface area contributed by atoms with Crippen LogP contribution >= 0.6 is 11.3 Å². The maximum Gasteiger partial charge on any atom is 0.263 e. The van der Waals surface area contributed by atoms with Gasteiger partial charge in [0.1, 0.15) is 11.5 Å². The van der Waals surface area contributed by atoms with Gasteiger partial charge in [-0.05, 0) is 43.5 Å². The highest BCUT2D eigenvalue weighted by atomic mass is 32.1. The molecule has 1 aromatic carbocycles. The van der Waals surface area contributed by atoms with Crippen LogP contribution in [0, 0.1) is 5.92 Å². The second-order valence-electron chi connectivity index (χ2n) is 7.17. The lowest BCUT2D eigenvalue weighted by molar-refractivity contribution is -0.125. The lowest BCUT2D eigenvalue weighted by Gasteiger charge is -2.22. The number of methoxy groups -OCH3 is 2. The lowest BCUT2D eigenvalue weighted by atomic mass is 9.87. The third-order valence-electron chi connectivity index (χ3n) is 4.94. The van der Waals surface area contributed by atoms with E-state index in [0.717, 1.165) is 5.56 Å². The number of hydrogen-bond donors (Lipinski definition) is 1. The molecule has 2 unspecified atom stereocenters. The fourth-order valence-electron chi connectivity index (χ4n) is 3.63. The summed E-state index contributed by atoms with van der Waals surface area (Å²) in [5.41, 5.74) is 0.882. The molecule has 2 atom stereocenters. The second-order valence-corrected chi connectivity index (χ2v) is 8.12. The van der Waals surface area contributed by atoms with Gasteiger partial charge in [0.05, 0.1) is 25.0 Å². The maximum absolute atomic E-state index is 12.9. The zero-order valence-corrected chi connectivity index (χ0v) is 17.4. The van der Waals surface area contributed by atoms with Crippen LogP contribution in [-0.4, -0.2) is 50.1 Å². The number of carbonyl (C=O) groups is 2. The lowest BCUT2D eigenvalue weighted by Crippen LogP contribution is -2.39. The number of rotatable bonds is 6. The molecule has 6 nitrogen and oxygen atoms in total. The van der Waals surface area contributed by atoms with E-state index in [1.54, 1.807) is 19.1 Å². The Morgan fingerprint density at radius 1 is 1.18 bits per heavy atom. The van der Waals surface area contributed by atoms with Crippen LogP contribution < -0.4 is 14.8 Å². The fraction of sp³-hybridized carbons (Fsp3) is 0.429. The van der Waals surface area contributed by atoms with E-state index in [0.29, 0.717) is 29.5 Å². The van der Waals surface area contributed by atoms with E-state index in [1.165, 1.54) is 11.3 Å². The predicted octanol–water partition coefficient (Wildman–Crippen LogP) is 3.15. The van der Waals surface area contributed by atoms with Crippen LogP contribution in [0.4, 0.5) is 0 Å². The minimum absolute atomic E-state index is 0.0300. The largest absolute Gasteiger partial charge is 0.497 e. The topological polar surface area (TPSA) is 67.9 Å². The molecule has 1 aliphatic heterocycles. The molecule has 2 aromatic rings. The summed E-state index contributed by atoms with van der Waals surface area (Å²) in [7, 11) is 3.22. The van der Waals surface area contributed by atoms with E-state index >= 15 is 0 Å². The first kappa shape index (κ1) is 20.2. The predicted molar refractivity (Wildman–Crippen MR) is 109 cm³/mol. The summed E-state index contributed by atoms with van der Waals surface area (Å²) < 4.78 is 10.9. The van der Waals surface area contributed by atoms with Crippen molar-refractivity contribution in [2.75, 3.05) is 27.3 Å². The summed E-state index contributed by atoms with van der Waals surface area (Å²) in [6, 6.07) is 9.28. The SMILES string of the molecule is COc1ccc(OC)c(C2CN(C(=O)c3cccs3)CC2C(=O)NC(C)C)c1. The van der Waals surface area contributed by atoms with Crippen molar-refractivity contribution in [3.8, 4) is 11.5 Å². The molecule has 2 amide bonds. The van der Waals surface area contributed by atoms with E-state index < -0.39 is 0 Å². The fourth-order valence-corrected chi connectivity index (χ4v) is 4.32. The van der Waals surface area contributed by atoms with E-state index in [-0.39, 0.29) is 29.7 Å². The molecular weight excluding hydrogens is 376 g/mol. The molecule has 0 aliphatic carbocycles. The van der Waals surface area contributed by atoms with Crippen LogP contribution in [0.5, 0.6) is 11.5 Å². The third kappa shape index (κ3) is 4.14. The molecule has 0 radical (unpaired) electrons. The number of nitrogens with one attached hydrogen (secondary N) is 1. The Balaban J connectivity index is 1.96. The van der Waals surface area contributed by atoms with Crippen LogP contribution in [0.2, 0.25) is 0 Å². The van der Waals surface area contributed by atoms with Gasteiger partial charge in [-0.15, -0.1) is 11.3 Å². The van der Waals surface area contributed by atoms with Crippen molar-refractivity contribution in [2.45, 2.75) is 25.8 Å². The highest BCUT2D eigenvalue weighted by Crippen LogP contribution is 2.40. The highest BCUT2D eigenvalue weighted by molar-refractivity contribution is 7.12. The summed E-state index contributed by atoms with van der Waals surface area (Å²) in [4.78, 5) is 28.3. The molecule has 2 heterocycles. The molecule has 0 saturated carbocycles. The van der Waals surface area contributed by atoms with Crippen LogP contribution in [-0.2, 0) is 4.79 Å². The number of benzene rings is 1. The molecule has 28 heavy (non-hydrogen) atoms. The first-order chi connectivity index (χ1) is 13.4. The molecule has 7 heteroatoms. The number of carbonyl (C=O) groups excluding carboxylic acids is 2. The number of hydrogen-bond acceptors (Lipinski definition) is 5. The molecule has 1 aromatic heterocycles. The van der Waals surface area contributed by atoms with Crippen LogP contribution in [0.3, 0.4) is 0 Å². The van der Waals surface area contributed by atoms with Gasteiger partial charge in [0.2, 0.25) is 5.91 Å². The van der Waals surface area contributed by atoms with Crippen molar-refractivity contribution in [3.63, 3.8) is 0 Å². The van der Waals surface area contributed by atoms with Crippen LogP contribution in [0.1, 0.15) is 35.0 Å². The maximum atomic E-state index is 12.9. The summed E-state index contributed by atoms with van der Waals surface area (Å²) in [5.74, 6) is 0.772. The van der Waals surface area contributed by atoms with Crippen molar-refractivity contribution in [2.24, 2.45) is 5.92 Å². The van der Waals surface area contributed by atoms with E-state index in [4.69, 9.17) is 9.47 Å². The third-order valence-corrected chi connectivity index (χ3v) is 5.80. The average Bonchev–Trinajstić information content (AvgIpc) is 3.36. The van der Waals surface area contributed by atoms with E-state index in [9.17, 15) is 9.59 Å². The van der Waals surface area contributed by atoms with Crippen molar-refractivity contribution in [3.05, 3.63) is 46.2 Å². The number of ether oxygens (including phenoxy) is 2. The normalized spacial score (nSPS) is 19.0. The van der Waals surface area contributed by atoms with Gasteiger partial charge in [0.15, 0.2) is 0 Å². The van der Waals surface area contributed by atoms with Crippen molar-refractivity contribution < 1.29 is 19.1 Å². The summed E-state index contributed by atoms with van der Waals surface area (Å²) in [6.07, 6.45) is 0. The van der Waals surface area contributed by atoms with E-state index in [2.05, 4.69) is 5.32 Å². The Hall–Kier alpha value is -2.54. The zero-order chi connectivity index (χ0) is 20.3. The van der Waals surface area contributed by atoms with Gasteiger partial charge >= 0.3 is 0 Å². The first-order valence-electron chi connectivity index (χ1n) is 9.29. The molecule has 1 fully saturated rings. The van der Waals surface area contributed by atoms with Gasteiger partial charge in [0, 0.05) is 30.6 Å². The Bertz CT molecular complexity index is 835. The summed E-state index contributed by atoms with van der Waals surface area (Å²) in [5, 5.41) is 4.88. The Labute approximate surface area is 169 Å². The monoisotopic (exact) mass is 402 g/mol.